The third-order valence-corrected chi connectivity index (χ3v) is 8.07. The number of rotatable bonds is 5. The van der Waals surface area contributed by atoms with Crippen molar-refractivity contribution in [2.24, 2.45) is 11.8 Å². The summed E-state index contributed by atoms with van der Waals surface area (Å²) in [6.45, 7) is 0.541. The molecule has 1 aromatic heterocycles. The summed E-state index contributed by atoms with van der Waals surface area (Å²) < 4.78 is 44.2. The number of halogens is 4. The molecule has 37 heavy (non-hydrogen) atoms. The molecule has 4 aliphatic rings. The fourth-order valence-corrected chi connectivity index (χ4v) is 6.16. The highest BCUT2D eigenvalue weighted by atomic mass is 35.5. The minimum absolute atomic E-state index is 0.0366. The second-order valence-corrected chi connectivity index (χ2v) is 10.4. The largest absolute Gasteiger partial charge is 0.356 e. The summed E-state index contributed by atoms with van der Waals surface area (Å²) in [4.78, 5) is 43.1. The second-order valence-electron chi connectivity index (χ2n) is 10.0. The first-order valence-corrected chi connectivity index (χ1v) is 12.6. The van der Waals surface area contributed by atoms with Crippen LogP contribution in [-0.2, 0) is 9.59 Å². The zero-order valence-electron chi connectivity index (χ0n) is 19.7. The van der Waals surface area contributed by atoms with Crippen LogP contribution in [0.4, 0.5) is 13.2 Å². The van der Waals surface area contributed by atoms with Gasteiger partial charge in [-0.1, -0.05) is 11.6 Å². The number of nitriles is 1. The van der Waals surface area contributed by atoms with Crippen molar-refractivity contribution in [2.45, 2.75) is 62.6 Å². The molecular formula is C25H25ClF3N5O3. The summed E-state index contributed by atoms with van der Waals surface area (Å²) in [5.74, 6) is -7.52. The van der Waals surface area contributed by atoms with E-state index in [9.17, 15) is 32.8 Å². The molecule has 2 bridgehead atoms. The molecule has 8 nitrogen and oxygen atoms in total. The summed E-state index contributed by atoms with van der Waals surface area (Å²) in [5.41, 5.74) is 0.111. The number of fused-ring (bicyclic) bond motifs is 4. The highest BCUT2D eigenvalue weighted by Crippen LogP contribution is 2.49. The van der Waals surface area contributed by atoms with Gasteiger partial charge in [0, 0.05) is 30.3 Å². The summed E-state index contributed by atoms with van der Waals surface area (Å²) in [6, 6.07) is 2.15. The molecule has 0 unspecified atom stereocenters. The zero-order valence-corrected chi connectivity index (χ0v) is 20.5. The maximum absolute atomic E-state index is 15.0. The molecule has 0 radical (unpaired) electrons. The Balaban J connectivity index is 1.43. The van der Waals surface area contributed by atoms with Gasteiger partial charge in [-0.3, -0.25) is 14.4 Å². The Hall–Kier alpha value is -3.26. The van der Waals surface area contributed by atoms with E-state index < -0.39 is 59.9 Å². The van der Waals surface area contributed by atoms with Crippen LogP contribution >= 0.6 is 11.6 Å². The van der Waals surface area contributed by atoms with E-state index in [1.807, 2.05) is 6.07 Å². The highest BCUT2D eigenvalue weighted by molar-refractivity contribution is 6.35. The lowest BCUT2D eigenvalue weighted by Crippen LogP contribution is -2.68. The third kappa shape index (κ3) is 4.52. The number of aromatic amines is 1. The average molecular weight is 536 g/mol. The molecule has 1 aliphatic carbocycles. The maximum Gasteiger partial charge on any atom is 0.271 e. The van der Waals surface area contributed by atoms with E-state index >= 15 is 0 Å². The number of carbonyl (C=O) groups is 3. The van der Waals surface area contributed by atoms with Gasteiger partial charge in [-0.15, -0.1) is 0 Å². The van der Waals surface area contributed by atoms with Crippen LogP contribution in [0.15, 0.2) is 18.2 Å². The van der Waals surface area contributed by atoms with Crippen molar-refractivity contribution in [2.75, 3.05) is 6.54 Å². The molecule has 3 saturated heterocycles. The first-order chi connectivity index (χ1) is 17.6. The van der Waals surface area contributed by atoms with Crippen LogP contribution in [0.1, 0.15) is 49.0 Å². The Morgan fingerprint density at radius 2 is 2.08 bits per heavy atom. The molecule has 2 aromatic rings. The average Bonchev–Trinajstić information content (AvgIpc) is 3.33. The quantitative estimate of drug-likeness (QED) is 0.543. The molecule has 196 valence electrons. The van der Waals surface area contributed by atoms with Crippen LogP contribution in [0.25, 0.3) is 10.9 Å². The Kier molecular flexibility index (Phi) is 6.56. The number of carbonyl (C=O) groups excluding carboxylic acids is 3. The third-order valence-electron chi connectivity index (χ3n) is 7.75. The number of benzene rings is 1. The van der Waals surface area contributed by atoms with Gasteiger partial charge < -0.3 is 20.5 Å². The molecule has 4 fully saturated rings. The van der Waals surface area contributed by atoms with Crippen LogP contribution in [0.5, 0.6) is 0 Å². The molecule has 3 amide bonds. The summed E-state index contributed by atoms with van der Waals surface area (Å²) in [7, 11) is 0. The van der Waals surface area contributed by atoms with Crippen LogP contribution in [-0.4, -0.2) is 58.2 Å². The Morgan fingerprint density at radius 3 is 2.76 bits per heavy atom. The first kappa shape index (κ1) is 25.4. The van der Waals surface area contributed by atoms with E-state index in [0.29, 0.717) is 13.0 Å². The van der Waals surface area contributed by atoms with Gasteiger partial charge in [0.15, 0.2) is 0 Å². The van der Waals surface area contributed by atoms with Gasteiger partial charge in [0.25, 0.3) is 11.8 Å². The lowest BCUT2D eigenvalue weighted by atomic mass is 9.71. The highest BCUT2D eigenvalue weighted by Gasteiger charge is 2.60. The predicted molar refractivity (Wildman–Crippen MR) is 127 cm³/mol. The summed E-state index contributed by atoms with van der Waals surface area (Å²) in [6.07, 6.45) is 1.06. The Morgan fingerprint density at radius 1 is 1.30 bits per heavy atom. The normalized spacial score (nSPS) is 27.4. The number of piperidine rings is 3. The van der Waals surface area contributed by atoms with E-state index in [0.717, 1.165) is 17.4 Å². The summed E-state index contributed by atoms with van der Waals surface area (Å²) in [5, 5.41) is 15.1. The van der Waals surface area contributed by atoms with Crippen molar-refractivity contribution in [3.05, 3.63) is 34.7 Å². The van der Waals surface area contributed by atoms with E-state index in [4.69, 9.17) is 11.6 Å². The van der Waals surface area contributed by atoms with Crippen LogP contribution < -0.4 is 10.6 Å². The van der Waals surface area contributed by atoms with Crippen molar-refractivity contribution < 1.29 is 27.6 Å². The topological polar surface area (TPSA) is 118 Å². The van der Waals surface area contributed by atoms with Crippen molar-refractivity contribution in [1.29, 1.82) is 5.26 Å². The molecule has 4 heterocycles. The van der Waals surface area contributed by atoms with Gasteiger partial charge >= 0.3 is 0 Å². The monoisotopic (exact) mass is 535 g/mol. The minimum Gasteiger partial charge on any atom is -0.356 e. The number of hydrogen-bond acceptors (Lipinski definition) is 4. The number of amides is 3. The molecule has 12 heteroatoms. The van der Waals surface area contributed by atoms with E-state index in [1.165, 1.54) is 12.1 Å². The van der Waals surface area contributed by atoms with Gasteiger partial charge in [0.2, 0.25) is 11.8 Å². The standard InChI is InChI=1S/C25H25ClF3N5O3/c26-17-5-6-18(27)15-9-19(33-20(15)17)24(37)34-14-3-4-16(25(28,29)10-14)21(34)23(36)32-13(11-30)8-12-2-1-7-31-22(12)35/h5-6,9,12-14,16,21,33H,1-4,7-8,10H2,(H,31,35)(H,32,36)/t12-,13-,14+,16+,21+/m0/s1. The number of nitrogens with one attached hydrogen (secondary N) is 3. The molecule has 3 aliphatic heterocycles. The smallest absolute Gasteiger partial charge is 0.271 e. The van der Waals surface area contributed by atoms with Gasteiger partial charge in [0.05, 0.1) is 22.5 Å². The molecule has 1 aromatic carbocycles. The lowest BCUT2D eigenvalue weighted by Gasteiger charge is -2.53. The Labute approximate surface area is 215 Å². The van der Waals surface area contributed by atoms with Crippen LogP contribution in [0.3, 0.4) is 0 Å². The Bertz CT molecular complexity index is 1270. The zero-order chi connectivity index (χ0) is 26.5. The van der Waals surface area contributed by atoms with Crippen LogP contribution in [0.2, 0.25) is 5.02 Å². The second kappa shape index (κ2) is 9.56. The number of H-pyrrole nitrogens is 1. The van der Waals surface area contributed by atoms with E-state index in [2.05, 4.69) is 15.6 Å². The molecule has 1 saturated carbocycles. The molecule has 0 spiro atoms. The fourth-order valence-electron chi connectivity index (χ4n) is 5.95. The van der Waals surface area contributed by atoms with Crippen molar-refractivity contribution in [1.82, 2.24) is 20.5 Å². The van der Waals surface area contributed by atoms with Gasteiger partial charge in [-0.25, -0.2) is 13.2 Å². The van der Waals surface area contributed by atoms with Gasteiger partial charge in [0.1, 0.15) is 23.6 Å². The molecule has 3 N–H and O–H groups in total. The number of alkyl halides is 2. The van der Waals surface area contributed by atoms with Crippen molar-refractivity contribution in [3.63, 3.8) is 0 Å². The fraction of sp³-hybridized carbons (Fsp3) is 0.520. The van der Waals surface area contributed by atoms with E-state index in [-0.39, 0.29) is 46.8 Å². The molecule has 6 rings (SSSR count). The molecule has 5 atom stereocenters. The van der Waals surface area contributed by atoms with Crippen molar-refractivity contribution >= 4 is 40.2 Å². The minimum atomic E-state index is -3.18. The van der Waals surface area contributed by atoms with Gasteiger partial charge in [-0.05, 0) is 50.3 Å². The number of hydrogen-bond donors (Lipinski definition) is 3. The first-order valence-electron chi connectivity index (χ1n) is 12.3. The summed E-state index contributed by atoms with van der Waals surface area (Å²) >= 11 is 6.13. The predicted octanol–water partition coefficient (Wildman–Crippen LogP) is 3.51. The SMILES string of the molecule is N#C[C@H](C[C@@H]1CCCNC1=O)NC(=O)[C@H]1[C@H]2CC[C@H](CC2(F)F)N1C(=O)c1cc2c(F)ccc(Cl)c2[nH]1. The number of nitrogens with zero attached hydrogens (tertiary/aromatic N) is 2. The van der Waals surface area contributed by atoms with Crippen molar-refractivity contribution in [3.8, 4) is 6.07 Å². The number of aromatic nitrogens is 1. The van der Waals surface area contributed by atoms with Crippen LogP contribution in [0, 0.1) is 29.0 Å². The van der Waals surface area contributed by atoms with E-state index in [1.54, 1.807) is 0 Å². The molecular weight excluding hydrogens is 511 g/mol. The lowest BCUT2D eigenvalue weighted by molar-refractivity contribution is -0.179. The maximum atomic E-state index is 15.0. The van der Waals surface area contributed by atoms with Gasteiger partial charge in [-0.2, -0.15) is 5.26 Å².